The Morgan fingerprint density at radius 2 is 1.09 bits per heavy atom. The van der Waals surface area contributed by atoms with Gasteiger partial charge in [0.15, 0.2) is 11.6 Å². The van der Waals surface area contributed by atoms with Gasteiger partial charge in [0.25, 0.3) is 0 Å². The molecule has 0 atom stereocenters. The fourth-order valence-electron chi connectivity index (χ4n) is 2.18. The molecule has 0 aliphatic heterocycles. The number of carboxylic acid groups (broad SMARTS) is 1. The summed E-state index contributed by atoms with van der Waals surface area (Å²) in [5.74, 6) is -0.703. The van der Waals surface area contributed by atoms with E-state index >= 15 is 0 Å². The Kier molecular flexibility index (Phi) is 13.5. The van der Waals surface area contributed by atoms with Gasteiger partial charge in [-0.15, -0.1) is 0 Å². The number of rotatable bonds is 15. The van der Waals surface area contributed by atoms with Crippen LogP contribution in [-0.4, -0.2) is 22.6 Å². The van der Waals surface area contributed by atoms with E-state index in [0.717, 1.165) is 51.4 Å². The first kappa shape index (κ1) is 20.6. The SMILES string of the molecule is CCCCCCC(=O)/C=C/C(=O)CCCCCCCC(=O)O. The van der Waals surface area contributed by atoms with Crippen LogP contribution < -0.4 is 0 Å². The van der Waals surface area contributed by atoms with Gasteiger partial charge in [0.05, 0.1) is 0 Å². The third kappa shape index (κ3) is 14.9. The number of carbonyl (C=O) groups is 3. The van der Waals surface area contributed by atoms with Crippen LogP contribution in [0, 0.1) is 0 Å². The molecule has 0 amide bonds. The molecule has 0 aliphatic rings. The first-order valence-corrected chi connectivity index (χ1v) is 8.51. The van der Waals surface area contributed by atoms with Crippen LogP contribution in [0.5, 0.6) is 0 Å². The Hall–Kier alpha value is -1.45. The fraction of sp³-hybridized carbons (Fsp3) is 0.722. The lowest BCUT2D eigenvalue weighted by atomic mass is 10.1. The van der Waals surface area contributed by atoms with Crippen molar-refractivity contribution in [2.24, 2.45) is 0 Å². The van der Waals surface area contributed by atoms with E-state index in [0.29, 0.717) is 19.3 Å². The van der Waals surface area contributed by atoms with Crippen molar-refractivity contribution in [3.63, 3.8) is 0 Å². The summed E-state index contributed by atoms with van der Waals surface area (Å²) < 4.78 is 0. The predicted molar refractivity (Wildman–Crippen MR) is 87.9 cm³/mol. The second kappa shape index (κ2) is 14.5. The molecule has 22 heavy (non-hydrogen) atoms. The second-order valence-electron chi connectivity index (χ2n) is 5.74. The Labute approximate surface area is 134 Å². The zero-order chi connectivity index (χ0) is 16.6. The molecule has 0 aromatic carbocycles. The Morgan fingerprint density at radius 3 is 1.55 bits per heavy atom. The number of unbranched alkanes of at least 4 members (excludes halogenated alkanes) is 7. The summed E-state index contributed by atoms with van der Waals surface area (Å²) in [6.07, 6.45) is 12.6. The molecule has 1 N–H and O–H groups in total. The van der Waals surface area contributed by atoms with Crippen LogP contribution in [0.25, 0.3) is 0 Å². The topological polar surface area (TPSA) is 71.4 Å². The van der Waals surface area contributed by atoms with Crippen molar-refractivity contribution in [3.8, 4) is 0 Å². The minimum atomic E-state index is -0.750. The normalized spacial score (nSPS) is 11.0. The smallest absolute Gasteiger partial charge is 0.303 e. The third-order valence-corrected chi connectivity index (χ3v) is 3.55. The Bertz CT molecular complexity index is 358. The maximum atomic E-state index is 11.6. The van der Waals surface area contributed by atoms with Crippen LogP contribution in [0.1, 0.15) is 84.0 Å². The van der Waals surface area contributed by atoms with Crippen LogP contribution in [0.3, 0.4) is 0 Å². The van der Waals surface area contributed by atoms with Gasteiger partial charge < -0.3 is 5.11 Å². The van der Waals surface area contributed by atoms with E-state index in [2.05, 4.69) is 6.92 Å². The van der Waals surface area contributed by atoms with Gasteiger partial charge in [0.2, 0.25) is 0 Å². The van der Waals surface area contributed by atoms with Crippen molar-refractivity contribution in [2.45, 2.75) is 84.0 Å². The quantitative estimate of drug-likeness (QED) is 0.358. The summed E-state index contributed by atoms with van der Waals surface area (Å²) in [7, 11) is 0. The summed E-state index contributed by atoms with van der Waals surface area (Å²) >= 11 is 0. The predicted octanol–water partition coefficient (Wildman–Crippen LogP) is 4.47. The van der Waals surface area contributed by atoms with E-state index in [1.165, 1.54) is 12.2 Å². The number of carboxylic acids is 1. The van der Waals surface area contributed by atoms with Gasteiger partial charge >= 0.3 is 5.97 Å². The largest absolute Gasteiger partial charge is 0.481 e. The highest BCUT2D eigenvalue weighted by Crippen LogP contribution is 2.08. The average Bonchev–Trinajstić information content (AvgIpc) is 2.48. The summed E-state index contributed by atoms with van der Waals surface area (Å²) in [5.41, 5.74) is 0. The van der Waals surface area contributed by atoms with Crippen LogP contribution in [0.4, 0.5) is 0 Å². The number of hydrogen-bond acceptors (Lipinski definition) is 3. The molecule has 0 bridgehead atoms. The number of carbonyl (C=O) groups excluding carboxylic acids is 2. The number of aliphatic carboxylic acids is 1. The maximum absolute atomic E-state index is 11.6. The molecule has 0 spiro atoms. The molecule has 0 aromatic heterocycles. The average molecular weight is 310 g/mol. The highest BCUT2D eigenvalue weighted by molar-refractivity contribution is 5.98. The Balaban J connectivity index is 3.53. The molecule has 4 heteroatoms. The van der Waals surface area contributed by atoms with Crippen molar-refractivity contribution < 1.29 is 19.5 Å². The van der Waals surface area contributed by atoms with Gasteiger partial charge in [0.1, 0.15) is 0 Å². The van der Waals surface area contributed by atoms with Gasteiger partial charge in [-0.1, -0.05) is 45.4 Å². The molecular weight excluding hydrogens is 280 g/mol. The minimum absolute atomic E-state index is 0.00689. The van der Waals surface area contributed by atoms with Gasteiger partial charge in [-0.25, -0.2) is 0 Å². The lowest BCUT2D eigenvalue weighted by molar-refractivity contribution is -0.137. The molecule has 0 radical (unpaired) electrons. The van der Waals surface area contributed by atoms with Crippen LogP contribution in [0.15, 0.2) is 12.2 Å². The standard InChI is InChI=1S/C18H30O4/c1-2-3-4-8-11-16(19)14-15-17(20)12-9-6-5-7-10-13-18(21)22/h14-15H,2-13H2,1H3,(H,21,22)/b15-14+. The lowest BCUT2D eigenvalue weighted by Crippen LogP contribution is -1.97. The van der Waals surface area contributed by atoms with Crippen molar-refractivity contribution >= 4 is 17.5 Å². The van der Waals surface area contributed by atoms with E-state index in [4.69, 9.17) is 5.11 Å². The second-order valence-corrected chi connectivity index (χ2v) is 5.74. The first-order valence-electron chi connectivity index (χ1n) is 8.51. The Morgan fingerprint density at radius 1 is 0.682 bits per heavy atom. The molecule has 0 rings (SSSR count). The van der Waals surface area contributed by atoms with E-state index in [1.807, 2.05) is 0 Å². The summed E-state index contributed by atoms with van der Waals surface area (Å²) in [5, 5.41) is 8.49. The van der Waals surface area contributed by atoms with Gasteiger partial charge in [-0.05, 0) is 31.4 Å². The van der Waals surface area contributed by atoms with E-state index in [9.17, 15) is 14.4 Å². The van der Waals surface area contributed by atoms with Crippen molar-refractivity contribution in [1.82, 2.24) is 0 Å². The van der Waals surface area contributed by atoms with E-state index in [-0.39, 0.29) is 18.0 Å². The number of hydrogen-bond donors (Lipinski definition) is 1. The van der Waals surface area contributed by atoms with Gasteiger partial charge in [-0.3, -0.25) is 14.4 Å². The third-order valence-electron chi connectivity index (χ3n) is 3.55. The zero-order valence-corrected chi connectivity index (χ0v) is 13.8. The van der Waals surface area contributed by atoms with Crippen molar-refractivity contribution in [1.29, 1.82) is 0 Å². The molecule has 126 valence electrons. The van der Waals surface area contributed by atoms with Crippen LogP contribution in [-0.2, 0) is 14.4 Å². The molecule has 0 fully saturated rings. The molecule has 0 saturated carbocycles. The maximum Gasteiger partial charge on any atom is 0.303 e. The monoisotopic (exact) mass is 310 g/mol. The van der Waals surface area contributed by atoms with Gasteiger partial charge in [-0.2, -0.15) is 0 Å². The van der Waals surface area contributed by atoms with E-state index < -0.39 is 5.97 Å². The molecule has 0 aliphatic carbocycles. The summed E-state index contributed by atoms with van der Waals surface area (Å²) in [6, 6.07) is 0. The van der Waals surface area contributed by atoms with Crippen LogP contribution in [0.2, 0.25) is 0 Å². The summed E-state index contributed by atoms with van der Waals surface area (Å²) in [6.45, 7) is 2.13. The highest BCUT2D eigenvalue weighted by atomic mass is 16.4. The lowest BCUT2D eigenvalue weighted by Gasteiger charge is -1.99. The van der Waals surface area contributed by atoms with Crippen molar-refractivity contribution in [3.05, 3.63) is 12.2 Å². The molecule has 0 saturated heterocycles. The molecule has 0 unspecified atom stereocenters. The molecule has 0 heterocycles. The van der Waals surface area contributed by atoms with Gasteiger partial charge in [0, 0.05) is 19.3 Å². The first-order chi connectivity index (χ1) is 10.6. The number of allylic oxidation sites excluding steroid dienone is 2. The highest BCUT2D eigenvalue weighted by Gasteiger charge is 2.01. The minimum Gasteiger partial charge on any atom is -0.481 e. The molecule has 0 aromatic rings. The van der Waals surface area contributed by atoms with E-state index in [1.54, 1.807) is 0 Å². The number of ketones is 2. The summed E-state index contributed by atoms with van der Waals surface area (Å²) in [4.78, 5) is 33.4. The van der Waals surface area contributed by atoms with Crippen LogP contribution >= 0.6 is 0 Å². The molecular formula is C18H30O4. The molecule has 4 nitrogen and oxygen atoms in total. The zero-order valence-electron chi connectivity index (χ0n) is 13.8. The van der Waals surface area contributed by atoms with Crippen molar-refractivity contribution in [2.75, 3.05) is 0 Å². The fourth-order valence-corrected chi connectivity index (χ4v) is 2.18.